The summed E-state index contributed by atoms with van der Waals surface area (Å²) in [4.78, 5) is 7.07. The van der Waals surface area contributed by atoms with Crippen LogP contribution in [0, 0.1) is 0 Å². The molecular formula is C47H28N2O3. The van der Waals surface area contributed by atoms with Crippen molar-refractivity contribution in [3.05, 3.63) is 170 Å². The predicted octanol–water partition coefficient (Wildman–Crippen LogP) is 13.6. The highest BCUT2D eigenvalue weighted by Gasteiger charge is 2.22. The Kier molecular flexibility index (Phi) is 6.18. The highest BCUT2D eigenvalue weighted by molar-refractivity contribution is 6.14. The van der Waals surface area contributed by atoms with Gasteiger partial charge in [0, 0.05) is 38.9 Å². The van der Waals surface area contributed by atoms with Crippen LogP contribution in [0.2, 0.25) is 0 Å². The maximum Gasteiger partial charge on any atom is 0.228 e. The molecular weight excluding hydrogens is 641 g/mol. The van der Waals surface area contributed by atoms with E-state index >= 15 is 0 Å². The molecule has 0 unspecified atom stereocenters. The maximum atomic E-state index is 6.59. The van der Waals surface area contributed by atoms with Crippen LogP contribution in [0.4, 0.5) is 17.1 Å². The summed E-state index contributed by atoms with van der Waals surface area (Å²) in [6, 6.07) is 58.6. The summed E-state index contributed by atoms with van der Waals surface area (Å²) in [6.07, 6.45) is 0. The van der Waals surface area contributed by atoms with Crippen LogP contribution in [0.5, 0.6) is 0 Å². The first kappa shape index (κ1) is 28.7. The van der Waals surface area contributed by atoms with E-state index in [1.807, 2.05) is 54.6 Å². The van der Waals surface area contributed by atoms with Gasteiger partial charge < -0.3 is 18.2 Å². The summed E-state index contributed by atoms with van der Waals surface area (Å²) in [7, 11) is 0. The van der Waals surface area contributed by atoms with E-state index in [1.165, 1.54) is 16.3 Å². The molecule has 11 aromatic rings. The van der Waals surface area contributed by atoms with Crippen LogP contribution >= 0.6 is 0 Å². The Balaban J connectivity index is 1.10. The van der Waals surface area contributed by atoms with Crippen molar-refractivity contribution < 1.29 is 13.3 Å². The van der Waals surface area contributed by atoms with Crippen LogP contribution in [0.25, 0.3) is 88.3 Å². The molecule has 11 rings (SSSR count). The van der Waals surface area contributed by atoms with E-state index in [9.17, 15) is 0 Å². The van der Waals surface area contributed by atoms with Crippen molar-refractivity contribution in [1.29, 1.82) is 0 Å². The van der Waals surface area contributed by atoms with Crippen LogP contribution < -0.4 is 4.90 Å². The topological polar surface area (TPSA) is 55.6 Å². The number of nitrogens with zero attached hydrogens (tertiary/aromatic N) is 2. The second-order valence-corrected chi connectivity index (χ2v) is 13.1. The van der Waals surface area contributed by atoms with E-state index in [0.29, 0.717) is 5.89 Å². The zero-order valence-electron chi connectivity index (χ0n) is 27.8. The van der Waals surface area contributed by atoms with Crippen molar-refractivity contribution in [2.75, 3.05) is 4.90 Å². The third-order valence-corrected chi connectivity index (χ3v) is 10.1. The fourth-order valence-corrected chi connectivity index (χ4v) is 7.72. The maximum absolute atomic E-state index is 6.59. The van der Waals surface area contributed by atoms with Crippen LogP contribution in [0.15, 0.2) is 183 Å². The Bertz CT molecular complexity index is 3110. The molecule has 0 N–H and O–H groups in total. The lowest BCUT2D eigenvalue weighted by atomic mass is 9.98. The molecule has 0 saturated heterocycles. The smallest absolute Gasteiger partial charge is 0.228 e. The van der Waals surface area contributed by atoms with Crippen molar-refractivity contribution in [1.82, 2.24) is 4.98 Å². The number of para-hydroxylation sites is 4. The molecule has 0 fully saturated rings. The number of hydrogen-bond donors (Lipinski definition) is 0. The summed E-state index contributed by atoms with van der Waals surface area (Å²) in [5.41, 5.74) is 10.9. The Morgan fingerprint density at radius 1 is 0.423 bits per heavy atom. The molecule has 0 bridgehead atoms. The number of furan rings is 2. The summed E-state index contributed by atoms with van der Waals surface area (Å²) >= 11 is 0. The molecule has 3 heterocycles. The van der Waals surface area contributed by atoms with E-state index in [0.717, 1.165) is 83.2 Å². The molecule has 5 nitrogen and oxygen atoms in total. The van der Waals surface area contributed by atoms with Crippen molar-refractivity contribution in [3.8, 4) is 22.6 Å². The van der Waals surface area contributed by atoms with Crippen molar-refractivity contribution in [3.63, 3.8) is 0 Å². The number of fused-ring (bicyclic) bond motifs is 8. The summed E-state index contributed by atoms with van der Waals surface area (Å²) in [6.45, 7) is 0. The monoisotopic (exact) mass is 668 g/mol. The van der Waals surface area contributed by atoms with Gasteiger partial charge in [-0.1, -0.05) is 103 Å². The molecule has 0 atom stereocenters. The van der Waals surface area contributed by atoms with E-state index < -0.39 is 0 Å². The molecule has 244 valence electrons. The highest BCUT2D eigenvalue weighted by Crippen LogP contribution is 2.45. The van der Waals surface area contributed by atoms with E-state index in [1.54, 1.807) is 0 Å². The first-order valence-electron chi connectivity index (χ1n) is 17.4. The third-order valence-electron chi connectivity index (χ3n) is 10.1. The standard InChI is InChI=1S/C47H28N2O3/c1-2-12-33-29(10-1)11-7-14-34(33)30-22-24-31(25-23-30)49(40-18-8-15-36-35-13-3-5-19-41(35)51-46(36)40)32-26-27-37-44(28-32)50-43-21-9-16-38(45(37)43)47-48-39-17-4-6-20-42(39)52-47/h1-28H. The lowest BCUT2D eigenvalue weighted by molar-refractivity contribution is 0.620. The molecule has 0 aliphatic rings. The second kappa shape index (κ2) is 11.2. The lowest BCUT2D eigenvalue weighted by Gasteiger charge is -2.25. The molecule has 0 aliphatic heterocycles. The Morgan fingerprint density at radius 2 is 1.12 bits per heavy atom. The summed E-state index contributed by atoms with van der Waals surface area (Å²) < 4.78 is 19.4. The predicted molar refractivity (Wildman–Crippen MR) is 212 cm³/mol. The first-order chi connectivity index (χ1) is 25.8. The number of oxazole rings is 1. The quantitative estimate of drug-likeness (QED) is 0.183. The molecule has 0 radical (unpaired) electrons. The number of benzene rings is 8. The molecule has 0 spiro atoms. The van der Waals surface area contributed by atoms with Crippen LogP contribution in [0.1, 0.15) is 0 Å². The molecule has 5 heteroatoms. The van der Waals surface area contributed by atoms with E-state index in [4.69, 9.17) is 18.2 Å². The minimum atomic E-state index is 0.572. The van der Waals surface area contributed by atoms with Gasteiger partial charge in [0.1, 0.15) is 22.3 Å². The zero-order valence-corrected chi connectivity index (χ0v) is 27.8. The van der Waals surface area contributed by atoms with Crippen LogP contribution in [-0.4, -0.2) is 4.98 Å². The van der Waals surface area contributed by atoms with Crippen LogP contribution in [-0.2, 0) is 0 Å². The summed E-state index contributed by atoms with van der Waals surface area (Å²) in [5, 5.41) is 6.57. The zero-order chi connectivity index (χ0) is 34.2. The van der Waals surface area contributed by atoms with Gasteiger partial charge in [-0.2, -0.15) is 0 Å². The van der Waals surface area contributed by atoms with E-state index in [-0.39, 0.29) is 0 Å². The fourth-order valence-electron chi connectivity index (χ4n) is 7.72. The van der Waals surface area contributed by atoms with Gasteiger partial charge in [-0.3, -0.25) is 0 Å². The van der Waals surface area contributed by atoms with Gasteiger partial charge in [-0.15, -0.1) is 0 Å². The van der Waals surface area contributed by atoms with Gasteiger partial charge in [0.2, 0.25) is 5.89 Å². The van der Waals surface area contributed by atoms with Gasteiger partial charge in [0.05, 0.1) is 11.4 Å². The SMILES string of the molecule is c1ccc2c(-c3ccc(N(c4ccc5c(c4)oc4cccc(-c6nc7ccccc7o6)c45)c4cccc5c4oc4ccccc45)cc3)cccc2c1. The van der Waals surface area contributed by atoms with Crippen molar-refractivity contribution in [2.24, 2.45) is 0 Å². The second-order valence-electron chi connectivity index (χ2n) is 13.1. The molecule has 0 aliphatic carbocycles. The fraction of sp³-hybridized carbons (Fsp3) is 0. The molecule has 3 aromatic heterocycles. The molecule has 52 heavy (non-hydrogen) atoms. The van der Waals surface area contributed by atoms with Crippen molar-refractivity contribution in [2.45, 2.75) is 0 Å². The highest BCUT2D eigenvalue weighted by atomic mass is 16.4. The minimum absolute atomic E-state index is 0.572. The average Bonchev–Trinajstić information content (AvgIpc) is 3.92. The van der Waals surface area contributed by atoms with Crippen molar-refractivity contribution >= 4 is 82.8 Å². The van der Waals surface area contributed by atoms with Gasteiger partial charge in [0.25, 0.3) is 0 Å². The molecule has 8 aromatic carbocycles. The molecule has 0 amide bonds. The summed E-state index contributed by atoms with van der Waals surface area (Å²) in [5.74, 6) is 0.572. The first-order valence-corrected chi connectivity index (χ1v) is 17.4. The van der Waals surface area contributed by atoms with Gasteiger partial charge in [-0.25, -0.2) is 4.98 Å². The Labute approximate surface area is 297 Å². The normalized spacial score (nSPS) is 11.8. The van der Waals surface area contributed by atoms with Gasteiger partial charge >= 0.3 is 0 Å². The number of hydrogen-bond acceptors (Lipinski definition) is 5. The molecule has 0 saturated carbocycles. The van der Waals surface area contributed by atoms with Crippen LogP contribution in [0.3, 0.4) is 0 Å². The van der Waals surface area contributed by atoms with E-state index in [2.05, 4.69) is 120 Å². The Hall–Kier alpha value is -7.11. The number of aromatic nitrogens is 1. The number of anilines is 3. The lowest BCUT2D eigenvalue weighted by Crippen LogP contribution is -2.10. The number of rotatable bonds is 5. The third kappa shape index (κ3) is 4.39. The Morgan fingerprint density at radius 3 is 2.02 bits per heavy atom. The van der Waals surface area contributed by atoms with Gasteiger partial charge in [0.15, 0.2) is 11.2 Å². The minimum Gasteiger partial charge on any atom is -0.456 e. The largest absolute Gasteiger partial charge is 0.456 e. The van der Waals surface area contributed by atoms with Gasteiger partial charge in [-0.05, 0) is 82.6 Å². The average molecular weight is 669 g/mol.